The monoisotopic (exact) mass is 188 g/mol. The Morgan fingerprint density at radius 3 is 3.29 bits per heavy atom. The van der Waals surface area contributed by atoms with Gasteiger partial charge in [0.05, 0.1) is 0 Å². The molecule has 1 N–H and O–H groups in total. The van der Waals surface area contributed by atoms with Crippen LogP contribution in [-0.4, -0.2) is 17.6 Å². The third-order valence-electron chi connectivity index (χ3n) is 2.54. The highest BCUT2D eigenvalue weighted by atomic mass is 14.9. The Morgan fingerprint density at radius 2 is 2.57 bits per heavy atom. The summed E-state index contributed by atoms with van der Waals surface area (Å²) in [5.41, 5.74) is 1.28. The summed E-state index contributed by atoms with van der Waals surface area (Å²) in [4.78, 5) is 4.09. The van der Waals surface area contributed by atoms with Gasteiger partial charge in [-0.25, -0.2) is 0 Å². The van der Waals surface area contributed by atoms with Crippen LogP contribution in [0.2, 0.25) is 0 Å². The predicted octanol–water partition coefficient (Wildman–Crippen LogP) is 1.93. The molecule has 2 heteroatoms. The van der Waals surface area contributed by atoms with Crippen LogP contribution in [0.25, 0.3) is 0 Å². The lowest BCUT2D eigenvalue weighted by Gasteiger charge is -2.01. The summed E-state index contributed by atoms with van der Waals surface area (Å²) in [5, 5.41) is 3.44. The van der Waals surface area contributed by atoms with E-state index in [4.69, 9.17) is 0 Å². The first-order valence-electron chi connectivity index (χ1n) is 5.24. The molecule has 74 valence electrons. The second kappa shape index (κ2) is 4.91. The van der Waals surface area contributed by atoms with Crippen molar-refractivity contribution < 1.29 is 0 Å². The summed E-state index contributed by atoms with van der Waals surface area (Å²) >= 11 is 0. The molecular weight excluding hydrogens is 172 g/mol. The zero-order valence-corrected chi connectivity index (χ0v) is 8.32. The molecule has 0 aliphatic carbocycles. The molecule has 1 aromatic heterocycles. The van der Waals surface area contributed by atoms with Crippen LogP contribution in [0.15, 0.2) is 36.7 Å². The number of hydrogen-bond acceptors (Lipinski definition) is 2. The minimum absolute atomic E-state index is 0.603. The molecule has 0 spiro atoms. The molecule has 2 heterocycles. The Balaban J connectivity index is 1.81. The zero-order valence-electron chi connectivity index (χ0n) is 8.32. The molecule has 0 radical (unpaired) electrons. The lowest BCUT2D eigenvalue weighted by atomic mass is 10.1. The third kappa shape index (κ3) is 2.67. The Kier molecular flexibility index (Phi) is 3.30. The fourth-order valence-corrected chi connectivity index (χ4v) is 1.76. The summed E-state index contributed by atoms with van der Waals surface area (Å²) in [6.45, 7) is 1.17. The predicted molar refractivity (Wildman–Crippen MR) is 58.1 cm³/mol. The molecule has 14 heavy (non-hydrogen) atoms. The van der Waals surface area contributed by atoms with Gasteiger partial charge in [-0.05, 0) is 37.4 Å². The fraction of sp³-hybridized carbons (Fsp3) is 0.417. The van der Waals surface area contributed by atoms with Crippen molar-refractivity contribution in [3.8, 4) is 0 Å². The normalized spacial score (nSPS) is 21.9. The second-order valence-corrected chi connectivity index (χ2v) is 3.70. The van der Waals surface area contributed by atoms with Crippen molar-refractivity contribution in [2.45, 2.75) is 25.3 Å². The molecule has 1 aliphatic heterocycles. The minimum Gasteiger partial charge on any atom is -0.311 e. The number of pyridine rings is 1. The minimum atomic E-state index is 0.603. The summed E-state index contributed by atoms with van der Waals surface area (Å²) in [6.07, 6.45) is 11.8. The average Bonchev–Trinajstić information content (AvgIpc) is 2.72. The highest BCUT2D eigenvalue weighted by Crippen LogP contribution is 2.06. The van der Waals surface area contributed by atoms with E-state index in [1.807, 2.05) is 18.5 Å². The summed E-state index contributed by atoms with van der Waals surface area (Å²) < 4.78 is 0. The summed E-state index contributed by atoms with van der Waals surface area (Å²) in [7, 11) is 0. The topological polar surface area (TPSA) is 24.9 Å². The Labute approximate surface area is 85.1 Å². The molecule has 1 aromatic rings. The number of rotatable bonds is 3. The molecule has 1 fully saturated rings. The summed E-state index contributed by atoms with van der Waals surface area (Å²) in [5.74, 6) is 0. The number of hydrogen-bond donors (Lipinski definition) is 1. The van der Waals surface area contributed by atoms with Gasteiger partial charge in [-0.3, -0.25) is 4.98 Å². The van der Waals surface area contributed by atoms with Crippen LogP contribution in [0, 0.1) is 0 Å². The maximum Gasteiger partial charge on any atom is 0.0303 e. The fourth-order valence-electron chi connectivity index (χ4n) is 1.76. The number of aromatic nitrogens is 1. The summed E-state index contributed by atoms with van der Waals surface area (Å²) in [6, 6.07) is 4.70. The van der Waals surface area contributed by atoms with Gasteiger partial charge in [0.2, 0.25) is 0 Å². The zero-order chi connectivity index (χ0) is 9.64. The Morgan fingerprint density at radius 1 is 1.57 bits per heavy atom. The lowest BCUT2D eigenvalue weighted by Crippen LogP contribution is -2.18. The van der Waals surface area contributed by atoms with Gasteiger partial charge < -0.3 is 5.32 Å². The van der Waals surface area contributed by atoms with Crippen LogP contribution in [0.5, 0.6) is 0 Å². The molecule has 0 amide bonds. The molecular formula is C12H16N2. The van der Waals surface area contributed by atoms with Gasteiger partial charge in [0.15, 0.2) is 0 Å². The van der Waals surface area contributed by atoms with Gasteiger partial charge >= 0.3 is 0 Å². The van der Waals surface area contributed by atoms with Crippen LogP contribution in [-0.2, 0) is 6.42 Å². The van der Waals surface area contributed by atoms with E-state index in [0.29, 0.717) is 6.04 Å². The first kappa shape index (κ1) is 9.41. The van der Waals surface area contributed by atoms with E-state index >= 15 is 0 Å². The highest BCUT2D eigenvalue weighted by Gasteiger charge is 2.09. The van der Waals surface area contributed by atoms with Gasteiger partial charge in [0, 0.05) is 18.4 Å². The molecule has 0 aromatic carbocycles. The maximum absolute atomic E-state index is 4.09. The van der Waals surface area contributed by atoms with Crippen molar-refractivity contribution in [1.82, 2.24) is 10.3 Å². The van der Waals surface area contributed by atoms with Gasteiger partial charge in [-0.1, -0.05) is 18.2 Å². The van der Waals surface area contributed by atoms with E-state index in [1.165, 1.54) is 24.9 Å². The Hall–Kier alpha value is -1.15. The van der Waals surface area contributed by atoms with Gasteiger partial charge in [0.25, 0.3) is 0 Å². The molecule has 2 nitrogen and oxygen atoms in total. The molecule has 2 rings (SSSR count). The molecule has 1 atom stereocenters. The third-order valence-corrected chi connectivity index (χ3v) is 2.54. The van der Waals surface area contributed by atoms with E-state index in [9.17, 15) is 0 Å². The van der Waals surface area contributed by atoms with Crippen molar-refractivity contribution in [3.05, 3.63) is 42.2 Å². The lowest BCUT2D eigenvalue weighted by molar-refractivity contribution is 0.725. The molecule has 0 saturated carbocycles. The van der Waals surface area contributed by atoms with E-state index in [2.05, 4.69) is 28.5 Å². The van der Waals surface area contributed by atoms with Gasteiger partial charge in [0.1, 0.15) is 0 Å². The van der Waals surface area contributed by atoms with E-state index in [0.717, 1.165) is 6.42 Å². The van der Waals surface area contributed by atoms with E-state index in [1.54, 1.807) is 0 Å². The van der Waals surface area contributed by atoms with Gasteiger partial charge in [-0.2, -0.15) is 0 Å². The van der Waals surface area contributed by atoms with Crippen molar-refractivity contribution in [3.63, 3.8) is 0 Å². The van der Waals surface area contributed by atoms with E-state index in [-0.39, 0.29) is 0 Å². The second-order valence-electron chi connectivity index (χ2n) is 3.70. The van der Waals surface area contributed by atoms with Crippen molar-refractivity contribution in [2.75, 3.05) is 6.54 Å². The van der Waals surface area contributed by atoms with Crippen LogP contribution in [0.1, 0.15) is 18.4 Å². The highest BCUT2D eigenvalue weighted by molar-refractivity contribution is 5.13. The van der Waals surface area contributed by atoms with Crippen molar-refractivity contribution >= 4 is 0 Å². The van der Waals surface area contributed by atoms with Crippen LogP contribution < -0.4 is 5.32 Å². The first-order valence-corrected chi connectivity index (χ1v) is 5.24. The largest absolute Gasteiger partial charge is 0.311 e. The Bertz CT molecular complexity index is 286. The van der Waals surface area contributed by atoms with Crippen molar-refractivity contribution in [1.29, 1.82) is 0 Å². The number of nitrogens with zero attached hydrogens (tertiary/aromatic N) is 1. The van der Waals surface area contributed by atoms with Crippen LogP contribution in [0.3, 0.4) is 0 Å². The molecule has 1 unspecified atom stereocenters. The van der Waals surface area contributed by atoms with E-state index < -0.39 is 0 Å². The maximum atomic E-state index is 4.09. The smallest absolute Gasteiger partial charge is 0.0303 e. The van der Waals surface area contributed by atoms with Crippen LogP contribution in [0.4, 0.5) is 0 Å². The quantitative estimate of drug-likeness (QED) is 0.733. The number of nitrogens with one attached hydrogen (secondary N) is 1. The first-order chi connectivity index (χ1) is 6.95. The standard InChI is InChI=1S/C12H16N2/c1(6-12-7-3-9-14-12)4-11-5-2-8-13-10-11/h1-2,5-6,8,10,12,14H,3-4,7,9H2. The average molecular weight is 188 g/mol. The van der Waals surface area contributed by atoms with Gasteiger partial charge in [-0.15, -0.1) is 0 Å². The molecule has 1 saturated heterocycles. The SMILES string of the molecule is C(=CC1CCCN1)Cc1cccnc1. The molecule has 0 bridgehead atoms. The molecule has 1 aliphatic rings. The van der Waals surface area contributed by atoms with Crippen molar-refractivity contribution in [2.24, 2.45) is 0 Å². The number of allylic oxidation sites excluding steroid dienone is 1. The van der Waals surface area contributed by atoms with Crippen LogP contribution >= 0.6 is 0 Å².